The van der Waals surface area contributed by atoms with Gasteiger partial charge in [0.25, 0.3) is 5.69 Å². The van der Waals surface area contributed by atoms with E-state index in [1.807, 2.05) is 42.5 Å². The van der Waals surface area contributed by atoms with Crippen LogP contribution in [-0.4, -0.2) is 16.8 Å². The van der Waals surface area contributed by atoms with Crippen LogP contribution in [0.3, 0.4) is 0 Å². The summed E-state index contributed by atoms with van der Waals surface area (Å²) in [5.41, 5.74) is 1.52. The van der Waals surface area contributed by atoms with Gasteiger partial charge >= 0.3 is 5.97 Å². The number of non-ortho nitro benzene ring substituents is 1. The van der Waals surface area contributed by atoms with Crippen LogP contribution in [0.15, 0.2) is 77.4 Å². The lowest BCUT2D eigenvalue weighted by atomic mass is 10.0. The molecular weight excluding hydrogens is 332 g/mol. The monoisotopic (exact) mass is 344 g/mol. The van der Waals surface area contributed by atoms with Crippen molar-refractivity contribution in [1.82, 2.24) is 0 Å². The van der Waals surface area contributed by atoms with Gasteiger partial charge in [-0.1, -0.05) is 42.5 Å². The van der Waals surface area contributed by atoms with E-state index in [-0.39, 0.29) is 17.3 Å². The Hall–Kier alpha value is -3.80. The van der Waals surface area contributed by atoms with Crippen molar-refractivity contribution in [2.45, 2.75) is 0 Å². The van der Waals surface area contributed by atoms with Gasteiger partial charge < -0.3 is 4.74 Å². The van der Waals surface area contributed by atoms with Gasteiger partial charge in [-0.15, -0.1) is 0 Å². The zero-order valence-electron chi connectivity index (χ0n) is 13.5. The van der Waals surface area contributed by atoms with E-state index in [0.717, 1.165) is 16.3 Å². The summed E-state index contributed by atoms with van der Waals surface area (Å²) >= 11 is 0. The molecule has 0 spiro atoms. The van der Waals surface area contributed by atoms with Crippen molar-refractivity contribution in [2.75, 3.05) is 0 Å². The Kier molecular flexibility index (Phi) is 3.78. The Balaban J connectivity index is 1.72. The number of hydrogen-bond acceptors (Lipinski definition) is 5. The minimum absolute atomic E-state index is 0.0369. The third-order valence-electron chi connectivity index (χ3n) is 4.06. The summed E-state index contributed by atoms with van der Waals surface area (Å²) < 4.78 is 5.22. The average molecular weight is 344 g/mol. The van der Waals surface area contributed by atoms with E-state index in [1.54, 1.807) is 6.08 Å². The summed E-state index contributed by atoms with van der Waals surface area (Å²) in [6.45, 7) is 0. The molecule has 0 saturated heterocycles. The Morgan fingerprint density at radius 2 is 1.69 bits per heavy atom. The molecule has 126 valence electrons. The number of nitrogens with zero attached hydrogens (tertiary/aromatic N) is 2. The van der Waals surface area contributed by atoms with Gasteiger partial charge in [-0.05, 0) is 34.5 Å². The van der Waals surface area contributed by atoms with Crippen molar-refractivity contribution < 1.29 is 14.5 Å². The van der Waals surface area contributed by atoms with Crippen LogP contribution in [-0.2, 0) is 9.53 Å². The fourth-order valence-corrected chi connectivity index (χ4v) is 2.78. The average Bonchev–Trinajstić information content (AvgIpc) is 3.03. The lowest BCUT2D eigenvalue weighted by Gasteiger charge is -2.01. The van der Waals surface area contributed by atoms with Crippen LogP contribution in [0.5, 0.6) is 0 Å². The summed E-state index contributed by atoms with van der Waals surface area (Å²) in [6, 6.07) is 19.4. The number of cyclic esters (lactones) is 1. The fraction of sp³-hybridized carbons (Fsp3) is 0. The van der Waals surface area contributed by atoms with Crippen molar-refractivity contribution in [3.63, 3.8) is 0 Å². The minimum atomic E-state index is -0.550. The van der Waals surface area contributed by atoms with E-state index in [9.17, 15) is 14.9 Å². The van der Waals surface area contributed by atoms with Gasteiger partial charge in [0, 0.05) is 17.7 Å². The van der Waals surface area contributed by atoms with E-state index in [1.165, 1.54) is 24.3 Å². The van der Waals surface area contributed by atoms with Gasteiger partial charge in [0.05, 0.1) is 4.92 Å². The predicted octanol–water partition coefficient (Wildman–Crippen LogP) is 4.09. The van der Waals surface area contributed by atoms with Crippen molar-refractivity contribution in [3.8, 4) is 0 Å². The molecule has 0 radical (unpaired) electrons. The van der Waals surface area contributed by atoms with Crippen LogP contribution in [0.1, 0.15) is 11.1 Å². The fourth-order valence-electron chi connectivity index (χ4n) is 2.78. The van der Waals surface area contributed by atoms with Crippen molar-refractivity contribution in [2.24, 2.45) is 4.99 Å². The Morgan fingerprint density at radius 1 is 0.962 bits per heavy atom. The third-order valence-corrected chi connectivity index (χ3v) is 4.06. The van der Waals surface area contributed by atoms with Crippen LogP contribution < -0.4 is 0 Å². The molecule has 0 bridgehead atoms. The van der Waals surface area contributed by atoms with Crippen LogP contribution in [0.4, 0.5) is 5.69 Å². The molecule has 26 heavy (non-hydrogen) atoms. The van der Waals surface area contributed by atoms with Gasteiger partial charge in [0.1, 0.15) is 0 Å². The lowest BCUT2D eigenvalue weighted by molar-refractivity contribution is -0.384. The van der Waals surface area contributed by atoms with E-state index >= 15 is 0 Å². The predicted molar refractivity (Wildman–Crippen MR) is 97.7 cm³/mol. The molecule has 1 aliphatic rings. The highest BCUT2D eigenvalue weighted by atomic mass is 16.6. The molecular formula is C20H12N2O4. The molecule has 0 atom stereocenters. The topological polar surface area (TPSA) is 81.8 Å². The number of hydrogen-bond donors (Lipinski definition) is 0. The van der Waals surface area contributed by atoms with E-state index in [2.05, 4.69) is 4.99 Å². The Labute approximate surface area is 148 Å². The summed E-state index contributed by atoms with van der Waals surface area (Å²) in [4.78, 5) is 26.7. The van der Waals surface area contributed by atoms with Crippen molar-refractivity contribution in [3.05, 3.63) is 93.7 Å². The second-order valence-corrected chi connectivity index (χ2v) is 5.71. The highest BCUT2D eigenvalue weighted by molar-refractivity contribution is 6.13. The maximum atomic E-state index is 12.2. The number of nitro benzene ring substituents is 1. The molecule has 0 N–H and O–H groups in total. The number of rotatable bonds is 3. The number of carbonyl (C=O) groups excluding carboxylic acids is 1. The van der Waals surface area contributed by atoms with Crippen LogP contribution >= 0.6 is 0 Å². The zero-order valence-corrected chi connectivity index (χ0v) is 13.5. The first-order chi connectivity index (χ1) is 12.6. The maximum Gasteiger partial charge on any atom is 0.363 e. The molecule has 0 aromatic heterocycles. The molecule has 1 heterocycles. The molecule has 0 unspecified atom stereocenters. The first-order valence-electron chi connectivity index (χ1n) is 7.87. The molecule has 0 amide bonds. The van der Waals surface area contributed by atoms with Gasteiger partial charge in [-0.2, -0.15) is 0 Å². The summed E-state index contributed by atoms with van der Waals surface area (Å²) in [7, 11) is 0. The molecule has 0 aliphatic carbocycles. The molecule has 0 saturated carbocycles. The van der Waals surface area contributed by atoms with Crippen LogP contribution in [0, 0.1) is 10.1 Å². The van der Waals surface area contributed by atoms with Gasteiger partial charge in [0.2, 0.25) is 5.90 Å². The largest absolute Gasteiger partial charge is 0.402 e. The van der Waals surface area contributed by atoms with Gasteiger partial charge in [-0.25, -0.2) is 9.79 Å². The van der Waals surface area contributed by atoms with E-state index in [0.29, 0.717) is 5.56 Å². The number of benzene rings is 3. The van der Waals surface area contributed by atoms with Gasteiger partial charge in [0.15, 0.2) is 5.70 Å². The smallest absolute Gasteiger partial charge is 0.363 e. The number of aliphatic imine (C=N–C) groups is 1. The highest BCUT2D eigenvalue weighted by Gasteiger charge is 2.24. The SMILES string of the molecule is O=C1OC(c2ccc([N+](=O)[O-])cc2)=N/C1=C\c1cccc2ccccc12. The van der Waals surface area contributed by atoms with Crippen LogP contribution in [0.25, 0.3) is 16.8 Å². The highest BCUT2D eigenvalue weighted by Crippen LogP contribution is 2.24. The maximum absolute atomic E-state index is 12.2. The first-order valence-corrected chi connectivity index (χ1v) is 7.87. The standard InChI is InChI=1S/C20H12N2O4/c23-20-18(12-15-6-3-5-13-4-1-2-7-17(13)15)21-19(26-20)14-8-10-16(11-9-14)22(24)25/h1-12H/b18-12-. The molecule has 3 aromatic rings. The minimum Gasteiger partial charge on any atom is -0.402 e. The molecule has 4 rings (SSSR count). The first kappa shape index (κ1) is 15.7. The number of carbonyl (C=O) groups is 1. The second-order valence-electron chi connectivity index (χ2n) is 5.71. The van der Waals surface area contributed by atoms with E-state index in [4.69, 9.17) is 4.74 Å². The third kappa shape index (κ3) is 2.84. The van der Waals surface area contributed by atoms with Gasteiger partial charge in [-0.3, -0.25) is 10.1 Å². The summed E-state index contributed by atoms with van der Waals surface area (Å²) in [5.74, 6) is -0.414. The molecule has 6 heteroatoms. The number of ether oxygens (including phenoxy) is 1. The molecule has 3 aromatic carbocycles. The van der Waals surface area contributed by atoms with Crippen molar-refractivity contribution in [1.29, 1.82) is 0 Å². The number of fused-ring (bicyclic) bond motifs is 1. The molecule has 0 fully saturated rings. The van der Waals surface area contributed by atoms with Crippen LogP contribution in [0.2, 0.25) is 0 Å². The Bertz CT molecular complexity index is 1090. The molecule has 6 nitrogen and oxygen atoms in total. The summed E-state index contributed by atoms with van der Waals surface area (Å²) in [5, 5.41) is 12.8. The zero-order chi connectivity index (χ0) is 18.1. The quantitative estimate of drug-likeness (QED) is 0.310. The summed E-state index contributed by atoms with van der Waals surface area (Å²) in [6.07, 6.45) is 1.68. The molecule has 1 aliphatic heterocycles. The lowest BCUT2D eigenvalue weighted by Crippen LogP contribution is -2.05. The Morgan fingerprint density at radius 3 is 2.46 bits per heavy atom. The second kappa shape index (κ2) is 6.25. The normalized spacial score (nSPS) is 15.2. The van der Waals surface area contributed by atoms with E-state index < -0.39 is 10.9 Å². The van der Waals surface area contributed by atoms with Crippen molar-refractivity contribution >= 4 is 34.4 Å². The number of esters is 1. The number of nitro groups is 1.